The number of rotatable bonds is 5. The Hall–Kier alpha value is -1.91. The fourth-order valence-corrected chi connectivity index (χ4v) is 1.71. The molecule has 1 aromatic rings. The Labute approximate surface area is 112 Å². The van der Waals surface area contributed by atoms with Crippen molar-refractivity contribution in [3.05, 3.63) is 32.8 Å². The lowest BCUT2D eigenvalue weighted by Crippen LogP contribution is -2.28. The molecule has 0 aliphatic rings. The lowest BCUT2D eigenvalue weighted by atomic mass is 10.3. The lowest BCUT2D eigenvalue weighted by molar-refractivity contribution is -0.385. The van der Waals surface area contributed by atoms with E-state index in [1.165, 1.54) is 18.2 Å². The zero-order valence-electron chi connectivity index (χ0n) is 9.27. The zero-order valence-corrected chi connectivity index (χ0v) is 10.9. The first kappa shape index (κ1) is 14.2. The number of anilines is 1. The second kappa shape index (κ2) is 6.74. The van der Waals surface area contributed by atoms with Crippen LogP contribution in [0.3, 0.4) is 0 Å². The van der Waals surface area contributed by atoms with E-state index in [4.69, 9.17) is 6.42 Å². The third kappa shape index (κ3) is 4.16. The van der Waals surface area contributed by atoms with Crippen molar-refractivity contribution >= 4 is 33.2 Å². The maximum absolute atomic E-state index is 11.4. The molecule has 0 saturated carbocycles. The van der Waals surface area contributed by atoms with Gasteiger partial charge in [0.15, 0.2) is 0 Å². The summed E-state index contributed by atoms with van der Waals surface area (Å²) in [7, 11) is 0. The minimum absolute atomic E-state index is 0.0570. The van der Waals surface area contributed by atoms with Gasteiger partial charge in [0, 0.05) is 11.8 Å². The van der Waals surface area contributed by atoms with E-state index < -0.39 is 4.92 Å². The number of amides is 1. The smallest absolute Gasteiger partial charge is 0.283 e. The molecule has 94 valence electrons. The number of carbonyl (C=O) groups is 1. The number of hydrogen-bond donors (Lipinski definition) is 2. The molecule has 0 unspecified atom stereocenters. The highest BCUT2D eigenvalue weighted by Gasteiger charge is 2.12. The monoisotopic (exact) mass is 311 g/mol. The van der Waals surface area contributed by atoms with E-state index in [0.29, 0.717) is 16.7 Å². The molecular weight excluding hydrogens is 302 g/mol. The van der Waals surface area contributed by atoms with Gasteiger partial charge in [-0.1, -0.05) is 5.92 Å². The molecule has 1 amide bonds. The Bertz CT molecular complexity index is 511. The van der Waals surface area contributed by atoms with Gasteiger partial charge in [-0.25, -0.2) is 0 Å². The Morgan fingerprint density at radius 2 is 2.28 bits per heavy atom. The van der Waals surface area contributed by atoms with Crippen molar-refractivity contribution in [1.82, 2.24) is 5.32 Å². The fourth-order valence-electron chi connectivity index (χ4n) is 1.19. The molecule has 0 spiro atoms. The average molecular weight is 312 g/mol. The summed E-state index contributed by atoms with van der Waals surface area (Å²) in [5, 5.41) is 15.9. The van der Waals surface area contributed by atoms with Crippen LogP contribution in [0.5, 0.6) is 0 Å². The van der Waals surface area contributed by atoms with Gasteiger partial charge in [0.1, 0.15) is 0 Å². The first-order chi connectivity index (χ1) is 8.54. The van der Waals surface area contributed by atoms with E-state index >= 15 is 0 Å². The lowest BCUT2D eigenvalue weighted by Gasteiger charge is -2.05. The van der Waals surface area contributed by atoms with Crippen LogP contribution in [0.15, 0.2) is 22.7 Å². The summed E-state index contributed by atoms with van der Waals surface area (Å²) in [4.78, 5) is 21.5. The Morgan fingerprint density at radius 3 is 2.83 bits per heavy atom. The maximum Gasteiger partial charge on any atom is 0.283 e. The van der Waals surface area contributed by atoms with Crippen LogP contribution in [0.4, 0.5) is 11.4 Å². The number of nitro benzene ring substituents is 1. The first-order valence-electron chi connectivity index (χ1n) is 4.92. The van der Waals surface area contributed by atoms with Crippen molar-refractivity contribution in [3.63, 3.8) is 0 Å². The van der Waals surface area contributed by atoms with Crippen molar-refractivity contribution in [1.29, 1.82) is 0 Å². The molecule has 0 fully saturated rings. The van der Waals surface area contributed by atoms with Crippen LogP contribution in [-0.2, 0) is 4.79 Å². The molecule has 18 heavy (non-hydrogen) atoms. The fraction of sp³-hybridized carbons (Fsp3) is 0.182. The standard InChI is InChI=1S/C11H10BrN3O3/c1-2-5-13-7-11(16)14-8-3-4-10(15(17)18)9(12)6-8/h1,3-4,6,13H,5,7H2,(H,14,16). The van der Waals surface area contributed by atoms with Crippen LogP contribution in [0.1, 0.15) is 0 Å². The van der Waals surface area contributed by atoms with Crippen molar-refractivity contribution < 1.29 is 9.72 Å². The topological polar surface area (TPSA) is 84.3 Å². The Morgan fingerprint density at radius 1 is 1.56 bits per heavy atom. The molecule has 7 heteroatoms. The van der Waals surface area contributed by atoms with Gasteiger partial charge < -0.3 is 5.32 Å². The molecule has 0 radical (unpaired) electrons. The van der Waals surface area contributed by atoms with Gasteiger partial charge >= 0.3 is 0 Å². The molecule has 0 saturated heterocycles. The predicted molar refractivity (Wildman–Crippen MR) is 71.1 cm³/mol. The number of hydrogen-bond acceptors (Lipinski definition) is 4. The Kier molecular flexibility index (Phi) is 5.30. The average Bonchev–Trinajstić information content (AvgIpc) is 2.28. The molecule has 0 heterocycles. The number of terminal acetylenes is 1. The molecule has 0 atom stereocenters. The number of nitro groups is 1. The van der Waals surface area contributed by atoms with Gasteiger partial charge in [-0.3, -0.25) is 20.2 Å². The molecule has 2 N–H and O–H groups in total. The Balaban J connectivity index is 2.64. The molecular formula is C11H10BrN3O3. The summed E-state index contributed by atoms with van der Waals surface area (Å²) in [6.07, 6.45) is 5.02. The maximum atomic E-state index is 11.4. The summed E-state index contributed by atoms with van der Waals surface area (Å²) < 4.78 is 0.307. The van der Waals surface area contributed by atoms with E-state index in [9.17, 15) is 14.9 Å². The van der Waals surface area contributed by atoms with Crippen LogP contribution in [0.25, 0.3) is 0 Å². The summed E-state index contributed by atoms with van der Waals surface area (Å²) >= 11 is 3.07. The van der Waals surface area contributed by atoms with Crippen LogP contribution < -0.4 is 10.6 Å². The third-order valence-electron chi connectivity index (χ3n) is 1.94. The van der Waals surface area contributed by atoms with Crippen LogP contribution in [0, 0.1) is 22.5 Å². The highest BCUT2D eigenvalue weighted by atomic mass is 79.9. The van der Waals surface area contributed by atoms with Gasteiger partial charge in [0.05, 0.1) is 22.5 Å². The second-order valence-corrected chi connectivity index (χ2v) is 4.13. The molecule has 1 aromatic carbocycles. The van der Waals surface area contributed by atoms with Crippen molar-refractivity contribution in [2.75, 3.05) is 18.4 Å². The van der Waals surface area contributed by atoms with Gasteiger partial charge in [0.2, 0.25) is 5.91 Å². The number of nitrogens with zero attached hydrogens (tertiary/aromatic N) is 1. The summed E-state index contributed by atoms with van der Waals surface area (Å²) in [6, 6.07) is 4.24. The largest absolute Gasteiger partial charge is 0.325 e. The highest BCUT2D eigenvalue weighted by molar-refractivity contribution is 9.10. The number of halogens is 1. The minimum Gasteiger partial charge on any atom is -0.325 e. The molecule has 1 rings (SSSR count). The van der Waals surface area contributed by atoms with Gasteiger partial charge in [-0.2, -0.15) is 0 Å². The molecule has 6 nitrogen and oxygen atoms in total. The first-order valence-corrected chi connectivity index (χ1v) is 5.72. The minimum atomic E-state index is -0.510. The quantitative estimate of drug-likeness (QED) is 0.374. The van der Waals surface area contributed by atoms with Gasteiger partial charge in [0.25, 0.3) is 5.69 Å². The summed E-state index contributed by atoms with van der Waals surface area (Å²) in [6.45, 7) is 0.385. The van der Waals surface area contributed by atoms with Gasteiger partial charge in [-0.15, -0.1) is 6.42 Å². The molecule has 0 aliphatic carbocycles. The van der Waals surface area contributed by atoms with Crippen LogP contribution in [0.2, 0.25) is 0 Å². The number of nitrogens with one attached hydrogen (secondary N) is 2. The van der Waals surface area contributed by atoms with Crippen molar-refractivity contribution in [2.45, 2.75) is 0 Å². The van der Waals surface area contributed by atoms with Crippen molar-refractivity contribution in [3.8, 4) is 12.3 Å². The van der Waals surface area contributed by atoms with Crippen LogP contribution >= 0.6 is 15.9 Å². The van der Waals surface area contributed by atoms with E-state index in [-0.39, 0.29) is 18.1 Å². The normalized spacial score (nSPS) is 9.56. The summed E-state index contributed by atoms with van der Waals surface area (Å²) in [5.41, 5.74) is 0.415. The summed E-state index contributed by atoms with van der Waals surface area (Å²) in [5.74, 6) is 2.07. The molecule has 0 aliphatic heterocycles. The highest BCUT2D eigenvalue weighted by Crippen LogP contribution is 2.27. The van der Waals surface area contributed by atoms with E-state index in [0.717, 1.165) is 0 Å². The predicted octanol–water partition coefficient (Wildman–Crippen LogP) is 1.52. The number of benzene rings is 1. The van der Waals surface area contributed by atoms with Crippen molar-refractivity contribution in [2.24, 2.45) is 0 Å². The third-order valence-corrected chi connectivity index (χ3v) is 2.58. The molecule has 0 aromatic heterocycles. The van der Waals surface area contributed by atoms with E-state index in [2.05, 4.69) is 32.5 Å². The van der Waals surface area contributed by atoms with Gasteiger partial charge in [-0.05, 0) is 28.1 Å². The van der Waals surface area contributed by atoms with E-state index in [1.807, 2.05) is 0 Å². The second-order valence-electron chi connectivity index (χ2n) is 3.28. The zero-order chi connectivity index (χ0) is 13.5. The SMILES string of the molecule is C#CCNCC(=O)Nc1ccc([N+](=O)[O-])c(Br)c1. The van der Waals surface area contributed by atoms with Crippen LogP contribution in [-0.4, -0.2) is 23.9 Å². The van der Waals surface area contributed by atoms with E-state index in [1.54, 1.807) is 0 Å². The molecule has 0 bridgehead atoms. The number of carbonyl (C=O) groups excluding carboxylic acids is 1.